The first-order valence-corrected chi connectivity index (χ1v) is 7.10. The van der Waals surface area contributed by atoms with Crippen LogP contribution >= 0.6 is 0 Å². The Labute approximate surface area is 131 Å². The second kappa shape index (κ2) is 8.41. The molecule has 0 rings (SSSR count). The molecular formula is C15H26N2O5. The molecule has 0 aliphatic carbocycles. The Morgan fingerprint density at radius 3 is 2.14 bits per heavy atom. The molecule has 0 aliphatic heterocycles. The highest BCUT2D eigenvalue weighted by atomic mass is 16.6. The fourth-order valence-electron chi connectivity index (χ4n) is 1.39. The normalized spacial score (nSPS) is 13.6. The van der Waals surface area contributed by atoms with Crippen LogP contribution in [-0.4, -0.2) is 36.7 Å². The van der Waals surface area contributed by atoms with Crippen LogP contribution < -0.4 is 10.6 Å². The number of ether oxygens (including phenoxy) is 2. The number of carbonyl (C=O) groups excluding carboxylic acids is 3. The summed E-state index contributed by atoms with van der Waals surface area (Å²) in [5.74, 6) is -1.16. The Morgan fingerprint density at radius 2 is 1.73 bits per heavy atom. The Morgan fingerprint density at radius 1 is 1.18 bits per heavy atom. The van der Waals surface area contributed by atoms with E-state index in [1.165, 1.54) is 14.0 Å². The van der Waals surface area contributed by atoms with E-state index in [1.807, 2.05) is 6.92 Å². The van der Waals surface area contributed by atoms with Crippen molar-refractivity contribution in [3.63, 3.8) is 0 Å². The maximum atomic E-state index is 12.1. The summed E-state index contributed by atoms with van der Waals surface area (Å²) in [6, 6.07) is -0.862. The van der Waals surface area contributed by atoms with Crippen molar-refractivity contribution in [2.75, 3.05) is 7.11 Å². The van der Waals surface area contributed by atoms with Gasteiger partial charge in [0.1, 0.15) is 17.3 Å². The summed E-state index contributed by atoms with van der Waals surface area (Å²) in [7, 11) is 1.24. The van der Waals surface area contributed by atoms with Crippen LogP contribution in [0.2, 0.25) is 0 Å². The number of alkyl carbamates (subject to hydrolysis) is 1. The van der Waals surface area contributed by atoms with E-state index in [4.69, 9.17) is 4.74 Å². The Kier molecular flexibility index (Phi) is 7.62. The van der Waals surface area contributed by atoms with Gasteiger partial charge in [0.25, 0.3) is 0 Å². The lowest BCUT2D eigenvalue weighted by Crippen LogP contribution is -2.47. The molecule has 0 fully saturated rings. The quantitative estimate of drug-likeness (QED) is 0.597. The third kappa shape index (κ3) is 7.10. The largest absolute Gasteiger partial charge is 0.464 e. The summed E-state index contributed by atoms with van der Waals surface area (Å²) >= 11 is 0. The van der Waals surface area contributed by atoms with E-state index in [0.29, 0.717) is 12.0 Å². The van der Waals surface area contributed by atoms with Gasteiger partial charge in [-0.1, -0.05) is 6.92 Å². The third-order valence-corrected chi connectivity index (χ3v) is 2.72. The lowest BCUT2D eigenvalue weighted by atomic mass is 10.1. The van der Waals surface area contributed by atoms with Gasteiger partial charge in [-0.2, -0.15) is 0 Å². The number of hydrogen-bond acceptors (Lipinski definition) is 5. The van der Waals surface area contributed by atoms with Gasteiger partial charge in [-0.3, -0.25) is 4.79 Å². The van der Waals surface area contributed by atoms with Gasteiger partial charge in [0.2, 0.25) is 5.91 Å². The Bertz CT molecular complexity index is 463. The minimum absolute atomic E-state index is 0.0906. The minimum atomic E-state index is -0.862. The van der Waals surface area contributed by atoms with E-state index in [1.54, 1.807) is 27.7 Å². The standard InChI is InChI=1S/C15H26N2O5/c1-8-9(2)11(13(19)21-7)17-12(18)10(3)16-14(20)22-15(4,5)6/h10H,8H2,1-7H3,(H,16,20)(H,17,18)/b11-9+/t10-/m0/s1. The molecular weight excluding hydrogens is 288 g/mol. The van der Waals surface area contributed by atoms with Gasteiger partial charge in [-0.05, 0) is 46.6 Å². The highest BCUT2D eigenvalue weighted by Gasteiger charge is 2.23. The lowest BCUT2D eigenvalue weighted by molar-refractivity contribution is -0.138. The molecule has 2 amide bonds. The molecule has 126 valence electrons. The maximum Gasteiger partial charge on any atom is 0.408 e. The van der Waals surface area contributed by atoms with Crippen molar-refractivity contribution in [2.24, 2.45) is 0 Å². The highest BCUT2D eigenvalue weighted by Crippen LogP contribution is 2.08. The van der Waals surface area contributed by atoms with Crippen molar-refractivity contribution >= 4 is 18.0 Å². The van der Waals surface area contributed by atoms with Crippen molar-refractivity contribution < 1.29 is 23.9 Å². The average Bonchev–Trinajstić information content (AvgIpc) is 2.40. The molecule has 7 nitrogen and oxygen atoms in total. The van der Waals surface area contributed by atoms with Crippen molar-refractivity contribution in [2.45, 2.75) is 59.6 Å². The SMILES string of the molecule is CC/C(C)=C(/NC(=O)[C@H](C)NC(=O)OC(C)(C)C)C(=O)OC. The lowest BCUT2D eigenvalue weighted by Gasteiger charge is -2.22. The van der Waals surface area contributed by atoms with Gasteiger partial charge < -0.3 is 20.1 Å². The van der Waals surface area contributed by atoms with Crippen LogP contribution in [0.15, 0.2) is 11.3 Å². The maximum absolute atomic E-state index is 12.1. The average molecular weight is 314 g/mol. The van der Waals surface area contributed by atoms with Crippen LogP contribution in [0.1, 0.15) is 48.0 Å². The van der Waals surface area contributed by atoms with E-state index in [-0.39, 0.29) is 5.70 Å². The molecule has 22 heavy (non-hydrogen) atoms. The van der Waals surface area contributed by atoms with Crippen LogP contribution in [0.5, 0.6) is 0 Å². The fourth-order valence-corrected chi connectivity index (χ4v) is 1.39. The second-order valence-corrected chi connectivity index (χ2v) is 5.86. The van der Waals surface area contributed by atoms with Crippen LogP contribution in [0, 0.1) is 0 Å². The molecule has 0 radical (unpaired) electrons. The van der Waals surface area contributed by atoms with Gasteiger partial charge in [-0.15, -0.1) is 0 Å². The number of methoxy groups -OCH3 is 1. The molecule has 0 unspecified atom stereocenters. The summed E-state index contributed by atoms with van der Waals surface area (Å²) in [6.45, 7) is 10.2. The molecule has 0 aromatic carbocycles. The summed E-state index contributed by atoms with van der Waals surface area (Å²) in [6.07, 6.45) is -0.121. The number of hydrogen-bond donors (Lipinski definition) is 2. The monoisotopic (exact) mass is 314 g/mol. The summed E-state index contributed by atoms with van der Waals surface area (Å²) in [5.41, 5.74) is 0.119. The second-order valence-electron chi connectivity index (χ2n) is 5.86. The zero-order chi connectivity index (χ0) is 17.5. The first-order valence-electron chi connectivity index (χ1n) is 7.10. The van der Waals surface area contributed by atoms with Crippen molar-refractivity contribution in [1.82, 2.24) is 10.6 Å². The van der Waals surface area contributed by atoms with E-state index in [9.17, 15) is 14.4 Å². The predicted molar refractivity (Wildman–Crippen MR) is 82.0 cm³/mol. The van der Waals surface area contributed by atoms with Crippen molar-refractivity contribution in [3.05, 3.63) is 11.3 Å². The molecule has 1 atom stereocenters. The van der Waals surface area contributed by atoms with E-state index in [2.05, 4.69) is 15.4 Å². The number of rotatable bonds is 5. The molecule has 0 saturated heterocycles. The molecule has 0 bridgehead atoms. The molecule has 7 heteroatoms. The zero-order valence-electron chi connectivity index (χ0n) is 14.3. The number of amides is 2. The van der Waals surface area contributed by atoms with E-state index >= 15 is 0 Å². The molecule has 0 aromatic rings. The number of nitrogens with one attached hydrogen (secondary N) is 2. The summed E-state index contributed by atoms with van der Waals surface area (Å²) in [5, 5.41) is 4.89. The van der Waals surface area contributed by atoms with Gasteiger partial charge >= 0.3 is 12.1 Å². The molecule has 0 spiro atoms. The Balaban J connectivity index is 4.82. The van der Waals surface area contributed by atoms with E-state index in [0.717, 1.165) is 0 Å². The smallest absolute Gasteiger partial charge is 0.408 e. The molecule has 2 N–H and O–H groups in total. The van der Waals surface area contributed by atoms with Gasteiger partial charge in [0, 0.05) is 0 Å². The van der Waals surface area contributed by atoms with Crippen LogP contribution in [0.3, 0.4) is 0 Å². The number of carbonyl (C=O) groups is 3. The van der Waals surface area contributed by atoms with Crippen LogP contribution in [-0.2, 0) is 19.1 Å². The molecule has 0 heterocycles. The zero-order valence-corrected chi connectivity index (χ0v) is 14.3. The van der Waals surface area contributed by atoms with Crippen molar-refractivity contribution in [1.29, 1.82) is 0 Å². The summed E-state index contributed by atoms with van der Waals surface area (Å²) in [4.78, 5) is 35.4. The number of allylic oxidation sites excluding steroid dienone is 1. The topological polar surface area (TPSA) is 93.7 Å². The Hall–Kier alpha value is -2.05. The fraction of sp³-hybridized carbons (Fsp3) is 0.667. The van der Waals surface area contributed by atoms with Gasteiger partial charge in [-0.25, -0.2) is 9.59 Å². The molecule has 0 aliphatic rings. The molecule has 0 saturated carbocycles. The molecule has 0 aromatic heterocycles. The van der Waals surface area contributed by atoms with Crippen molar-refractivity contribution in [3.8, 4) is 0 Å². The highest BCUT2D eigenvalue weighted by molar-refractivity contribution is 5.96. The van der Waals surface area contributed by atoms with Gasteiger partial charge in [0.15, 0.2) is 0 Å². The minimum Gasteiger partial charge on any atom is -0.464 e. The van der Waals surface area contributed by atoms with Crippen LogP contribution in [0.4, 0.5) is 4.79 Å². The number of esters is 1. The first-order chi connectivity index (χ1) is 10.0. The van der Waals surface area contributed by atoms with Crippen LogP contribution in [0.25, 0.3) is 0 Å². The van der Waals surface area contributed by atoms with E-state index < -0.39 is 29.6 Å². The van der Waals surface area contributed by atoms with Gasteiger partial charge in [0.05, 0.1) is 7.11 Å². The first kappa shape index (κ1) is 19.9. The predicted octanol–water partition coefficient (Wildman–Crippen LogP) is 1.87. The summed E-state index contributed by atoms with van der Waals surface area (Å²) < 4.78 is 9.71. The third-order valence-electron chi connectivity index (χ3n) is 2.72.